The Bertz CT molecular complexity index is 136. The second kappa shape index (κ2) is 8.23. The zero-order chi connectivity index (χ0) is 9.23. The molecule has 0 radical (unpaired) electrons. The van der Waals surface area contributed by atoms with Gasteiger partial charge in [0.25, 0.3) is 0 Å². The van der Waals surface area contributed by atoms with Crippen LogP contribution in [-0.2, 0) is 9.53 Å². The van der Waals surface area contributed by atoms with Crippen LogP contribution in [0.2, 0.25) is 0 Å². The fourth-order valence-electron chi connectivity index (χ4n) is 0.582. The van der Waals surface area contributed by atoms with E-state index < -0.39 is 0 Å². The minimum atomic E-state index is -0.239. The van der Waals surface area contributed by atoms with Crippen molar-refractivity contribution in [2.24, 2.45) is 0 Å². The molecule has 0 aromatic rings. The molecule has 0 fully saturated rings. The van der Waals surface area contributed by atoms with Crippen molar-refractivity contribution in [1.82, 2.24) is 5.32 Å². The normalized spacial score (nSPS) is 9.42. The highest BCUT2D eigenvalue weighted by Crippen LogP contribution is 1.86. The van der Waals surface area contributed by atoms with E-state index >= 15 is 0 Å². The molecule has 4 nitrogen and oxygen atoms in total. The third kappa shape index (κ3) is 7.24. The number of aliphatic hydroxyl groups is 1. The van der Waals surface area contributed by atoms with Gasteiger partial charge in [0.15, 0.2) is 0 Å². The average molecular weight is 173 g/mol. The number of hydrogen-bond acceptors (Lipinski definition) is 3. The van der Waals surface area contributed by atoms with Crippen LogP contribution < -0.4 is 5.32 Å². The maximum Gasteiger partial charge on any atom is 0.245 e. The highest BCUT2D eigenvalue weighted by molar-refractivity contribution is 5.86. The molecule has 0 saturated heterocycles. The largest absolute Gasteiger partial charge is 0.396 e. The Kier molecular flexibility index (Phi) is 7.63. The molecule has 0 heterocycles. The maximum absolute atomic E-state index is 10.6. The first kappa shape index (κ1) is 11.1. The molecule has 2 N–H and O–H groups in total. The van der Waals surface area contributed by atoms with Gasteiger partial charge in [-0.3, -0.25) is 4.79 Å². The number of amides is 1. The Morgan fingerprint density at radius 2 is 2.33 bits per heavy atom. The van der Waals surface area contributed by atoms with E-state index in [-0.39, 0.29) is 19.2 Å². The van der Waals surface area contributed by atoms with E-state index in [2.05, 4.69) is 11.9 Å². The number of aliphatic hydroxyl groups excluding tert-OH is 1. The van der Waals surface area contributed by atoms with E-state index in [4.69, 9.17) is 9.84 Å². The first-order valence-electron chi connectivity index (χ1n) is 3.90. The fraction of sp³-hybridized carbons (Fsp3) is 0.625. The van der Waals surface area contributed by atoms with Crippen molar-refractivity contribution in [3.05, 3.63) is 12.7 Å². The molecule has 12 heavy (non-hydrogen) atoms. The molecule has 0 bridgehead atoms. The lowest BCUT2D eigenvalue weighted by Crippen LogP contribution is -2.24. The Labute approximate surface area is 72.2 Å². The van der Waals surface area contributed by atoms with Crippen LogP contribution in [0.25, 0.3) is 0 Å². The molecular formula is C8H15NO3. The predicted octanol–water partition coefficient (Wildman–Crippen LogP) is 0.0352. The zero-order valence-corrected chi connectivity index (χ0v) is 7.08. The molecule has 4 heteroatoms. The minimum Gasteiger partial charge on any atom is -0.396 e. The highest BCUT2D eigenvalue weighted by Gasteiger charge is 1.91. The summed E-state index contributed by atoms with van der Waals surface area (Å²) in [5, 5.41) is 10.9. The van der Waals surface area contributed by atoms with Crippen LogP contribution in [0.5, 0.6) is 0 Å². The number of unbranched alkanes of at least 4 members (excludes halogenated alkanes) is 1. The zero-order valence-electron chi connectivity index (χ0n) is 7.08. The van der Waals surface area contributed by atoms with Gasteiger partial charge in [-0.1, -0.05) is 6.58 Å². The monoisotopic (exact) mass is 173 g/mol. The van der Waals surface area contributed by atoms with Gasteiger partial charge in [0, 0.05) is 13.2 Å². The van der Waals surface area contributed by atoms with Gasteiger partial charge in [0.05, 0.1) is 0 Å². The van der Waals surface area contributed by atoms with Crippen molar-refractivity contribution >= 4 is 5.91 Å². The van der Waals surface area contributed by atoms with Gasteiger partial charge in [-0.25, -0.2) is 0 Å². The molecule has 0 aromatic carbocycles. The number of nitrogens with one attached hydrogen (secondary N) is 1. The third-order valence-electron chi connectivity index (χ3n) is 1.23. The Morgan fingerprint density at radius 3 is 2.92 bits per heavy atom. The minimum absolute atomic E-state index is 0.183. The van der Waals surface area contributed by atoms with Crippen molar-refractivity contribution < 1.29 is 14.6 Å². The van der Waals surface area contributed by atoms with Gasteiger partial charge in [-0.2, -0.15) is 0 Å². The summed E-state index contributed by atoms with van der Waals surface area (Å²) in [5.41, 5.74) is 0. The van der Waals surface area contributed by atoms with Crippen molar-refractivity contribution in [2.75, 3.05) is 19.9 Å². The molecule has 0 aliphatic rings. The highest BCUT2D eigenvalue weighted by atomic mass is 16.5. The molecule has 0 saturated carbocycles. The van der Waals surface area contributed by atoms with Crippen LogP contribution in [0.4, 0.5) is 0 Å². The molecule has 0 unspecified atom stereocenters. The van der Waals surface area contributed by atoms with E-state index in [0.29, 0.717) is 6.61 Å². The van der Waals surface area contributed by atoms with Crippen LogP contribution in [0.15, 0.2) is 12.7 Å². The van der Waals surface area contributed by atoms with Crippen LogP contribution in [0.3, 0.4) is 0 Å². The topological polar surface area (TPSA) is 58.6 Å². The Balaban J connectivity index is 3.00. The summed E-state index contributed by atoms with van der Waals surface area (Å²) >= 11 is 0. The van der Waals surface area contributed by atoms with Gasteiger partial charge in [0.1, 0.15) is 6.73 Å². The van der Waals surface area contributed by atoms with Crippen LogP contribution in [0, 0.1) is 0 Å². The predicted molar refractivity (Wildman–Crippen MR) is 45.5 cm³/mol. The third-order valence-corrected chi connectivity index (χ3v) is 1.23. The Morgan fingerprint density at radius 1 is 1.58 bits per heavy atom. The molecule has 1 amide bonds. The molecule has 0 spiro atoms. The lowest BCUT2D eigenvalue weighted by atomic mass is 10.3. The SMILES string of the molecule is C=CC(=O)NCOCCCCO. The summed E-state index contributed by atoms with van der Waals surface area (Å²) in [4.78, 5) is 10.6. The number of ether oxygens (including phenoxy) is 1. The lowest BCUT2D eigenvalue weighted by Gasteiger charge is -2.03. The van der Waals surface area contributed by atoms with Crippen LogP contribution in [0.1, 0.15) is 12.8 Å². The second-order valence-electron chi connectivity index (χ2n) is 2.23. The summed E-state index contributed by atoms with van der Waals surface area (Å²) in [5.74, 6) is -0.239. The smallest absolute Gasteiger partial charge is 0.245 e. The summed E-state index contributed by atoms with van der Waals surface area (Å²) in [6, 6.07) is 0. The number of carbonyl (C=O) groups is 1. The first-order valence-corrected chi connectivity index (χ1v) is 3.90. The van der Waals surface area contributed by atoms with Crippen molar-refractivity contribution in [2.45, 2.75) is 12.8 Å². The maximum atomic E-state index is 10.6. The molecule has 0 aliphatic heterocycles. The van der Waals surface area contributed by atoms with Gasteiger partial charge >= 0.3 is 0 Å². The lowest BCUT2D eigenvalue weighted by molar-refractivity contribution is -0.118. The first-order chi connectivity index (χ1) is 5.81. The summed E-state index contributed by atoms with van der Waals surface area (Å²) in [7, 11) is 0. The number of hydrogen-bond donors (Lipinski definition) is 2. The van der Waals surface area contributed by atoms with Crippen LogP contribution in [-0.4, -0.2) is 31.0 Å². The number of carbonyl (C=O) groups excluding carboxylic acids is 1. The molecule has 0 atom stereocenters. The standard InChI is InChI=1S/C8H15NO3/c1-2-8(11)9-7-12-6-4-3-5-10/h2,10H,1,3-7H2,(H,9,11). The van der Waals surface area contributed by atoms with Crippen molar-refractivity contribution in [3.63, 3.8) is 0 Å². The molecule has 0 aliphatic carbocycles. The number of rotatable bonds is 7. The second-order valence-corrected chi connectivity index (χ2v) is 2.23. The summed E-state index contributed by atoms with van der Waals surface area (Å²) in [6.45, 7) is 4.23. The van der Waals surface area contributed by atoms with E-state index in [1.54, 1.807) is 0 Å². The van der Waals surface area contributed by atoms with Gasteiger partial charge < -0.3 is 15.2 Å². The Hall–Kier alpha value is -0.870. The molecule has 0 rings (SSSR count). The summed E-state index contributed by atoms with van der Waals surface area (Å²) in [6.07, 6.45) is 2.73. The average Bonchev–Trinajstić information content (AvgIpc) is 2.10. The van der Waals surface area contributed by atoms with E-state index in [9.17, 15) is 4.79 Å². The van der Waals surface area contributed by atoms with Gasteiger partial charge in [-0.15, -0.1) is 0 Å². The quantitative estimate of drug-likeness (QED) is 0.324. The summed E-state index contributed by atoms with van der Waals surface area (Å²) < 4.78 is 5.02. The van der Waals surface area contributed by atoms with Gasteiger partial charge in [-0.05, 0) is 18.9 Å². The van der Waals surface area contributed by atoms with Crippen molar-refractivity contribution in [1.29, 1.82) is 0 Å². The van der Waals surface area contributed by atoms with Gasteiger partial charge in [0.2, 0.25) is 5.91 Å². The van der Waals surface area contributed by atoms with E-state index in [1.807, 2.05) is 0 Å². The molecular weight excluding hydrogens is 158 g/mol. The van der Waals surface area contributed by atoms with E-state index in [0.717, 1.165) is 12.8 Å². The molecule has 0 aromatic heterocycles. The van der Waals surface area contributed by atoms with Crippen LogP contribution >= 0.6 is 0 Å². The fourth-order valence-corrected chi connectivity index (χ4v) is 0.582. The van der Waals surface area contributed by atoms with Crippen molar-refractivity contribution in [3.8, 4) is 0 Å². The molecule has 70 valence electrons. The van der Waals surface area contributed by atoms with E-state index in [1.165, 1.54) is 6.08 Å².